The van der Waals surface area contributed by atoms with Crippen LogP contribution in [0.4, 0.5) is 5.69 Å². The van der Waals surface area contributed by atoms with Gasteiger partial charge in [0.25, 0.3) is 0 Å². The van der Waals surface area contributed by atoms with Crippen molar-refractivity contribution in [1.82, 2.24) is 4.57 Å². The summed E-state index contributed by atoms with van der Waals surface area (Å²) in [5.74, 6) is -1.20. The fraction of sp³-hybridized carbons (Fsp3) is 0.444. The summed E-state index contributed by atoms with van der Waals surface area (Å²) in [6, 6.07) is 1.88. The number of carbonyl (C=O) groups is 1. The van der Waals surface area contributed by atoms with Gasteiger partial charge < -0.3 is 19.3 Å². The molecule has 0 spiro atoms. The molecule has 1 aromatic carbocycles. The van der Waals surface area contributed by atoms with E-state index in [4.69, 9.17) is 16.3 Å². The van der Waals surface area contributed by atoms with E-state index < -0.39 is 11.4 Å². The summed E-state index contributed by atoms with van der Waals surface area (Å²) in [5.41, 5.74) is 1.87. The van der Waals surface area contributed by atoms with Crippen LogP contribution in [0, 0.1) is 0 Å². The number of pyridine rings is 1. The molecule has 0 amide bonds. The summed E-state index contributed by atoms with van der Waals surface area (Å²) in [6.07, 6.45) is 3.10. The van der Waals surface area contributed by atoms with E-state index in [0.29, 0.717) is 36.7 Å². The van der Waals surface area contributed by atoms with E-state index >= 15 is 0 Å². The van der Waals surface area contributed by atoms with Crippen LogP contribution in [0.15, 0.2) is 17.1 Å². The normalized spacial score (nSPS) is 20.1. The molecule has 1 unspecified atom stereocenters. The van der Waals surface area contributed by atoms with Crippen LogP contribution in [0.2, 0.25) is 5.02 Å². The van der Waals surface area contributed by atoms with Gasteiger partial charge in [-0.3, -0.25) is 4.79 Å². The lowest BCUT2D eigenvalue weighted by molar-refractivity contribution is 0.0694. The molecular formula is C18H19ClN2O4. The van der Waals surface area contributed by atoms with Gasteiger partial charge in [-0.05, 0) is 31.4 Å². The molecule has 2 aliphatic heterocycles. The first-order valence-corrected chi connectivity index (χ1v) is 8.83. The van der Waals surface area contributed by atoms with Gasteiger partial charge in [-0.1, -0.05) is 11.6 Å². The van der Waals surface area contributed by atoms with Crippen LogP contribution in [0.25, 0.3) is 10.9 Å². The van der Waals surface area contributed by atoms with Crippen molar-refractivity contribution in [3.05, 3.63) is 38.6 Å². The SMILES string of the molecule is CC1CCc2c(Cl)c(N3CCOCC3)cc3c(=O)c(C(=O)O)cn1c23. The third-order valence-corrected chi connectivity index (χ3v) is 5.62. The Morgan fingerprint density at radius 2 is 2.08 bits per heavy atom. The highest BCUT2D eigenvalue weighted by atomic mass is 35.5. The van der Waals surface area contributed by atoms with Gasteiger partial charge in [0.05, 0.1) is 29.4 Å². The average Bonchev–Trinajstić information content (AvgIpc) is 2.61. The minimum atomic E-state index is -1.20. The Morgan fingerprint density at radius 1 is 1.36 bits per heavy atom. The third kappa shape index (κ3) is 2.51. The largest absolute Gasteiger partial charge is 0.477 e. The number of anilines is 1. The van der Waals surface area contributed by atoms with Gasteiger partial charge in [0, 0.05) is 30.7 Å². The molecule has 6 nitrogen and oxygen atoms in total. The highest BCUT2D eigenvalue weighted by Crippen LogP contribution is 2.40. The van der Waals surface area contributed by atoms with Gasteiger partial charge in [0.1, 0.15) is 5.56 Å². The number of aromatic carboxylic acids is 1. The van der Waals surface area contributed by atoms with Gasteiger partial charge >= 0.3 is 5.97 Å². The maximum absolute atomic E-state index is 12.8. The molecule has 1 N–H and O–H groups in total. The molecule has 1 saturated heterocycles. The van der Waals surface area contributed by atoms with E-state index in [1.54, 1.807) is 6.07 Å². The molecule has 2 aromatic rings. The van der Waals surface area contributed by atoms with Gasteiger partial charge in [-0.25, -0.2) is 4.79 Å². The molecule has 0 saturated carbocycles. The molecule has 2 aliphatic rings. The topological polar surface area (TPSA) is 71.8 Å². The predicted molar refractivity (Wildman–Crippen MR) is 96.2 cm³/mol. The van der Waals surface area contributed by atoms with Crippen molar-refractivity contribution in [2.24, 2.45) is 0 Å². The van der Waals surface area contributed by atoms with E-state index in [1.165, 1.54) is 6.20 Å². The molecular weight excluding hydrogens is 344 g/mol. The fourth-order valence-electron chi connectivity index (χ4n) is 3.82. The first kappa shape index (κ1) is 16.4. The van der Waals surface area contributed by atoms with Gasteiger partial charge in [-0.15, -0.1) is 0 Å². The maximum Gasteiger partial charge on any atom is 0.341 e. The second-order valence-electron chi connectivity index (χ2n) is 6.66. The lowest BCUT2D eigenvalue weighted by atomic mass is 9.95. The van der Waals surface area contributed by atoms with Crippen molar-refractivity contribution in [2.45, 2.75) is 25.8 Å². The van der Waals surface area contributed by atoms with Crippen LogP contribution >= 0.6 is 11.6 Å². The maximum atomic E-state index is 12.8. The van der Waals surface area contributed by atoms with Crippen LogP contribution in [-0.4, -0.2) is 41.9 Å². The molecule has 132 valence electrons. The number of carboxylic acids is 1. The van der Waals surface area contributed by atoms with Crippen LogP contribution < -0.4 is 10.3 Å². The highest BCUT2D eigenvalue weighted by Gasteiger charge is 2.27. The van der Waals surface area contributed by atoms with Gasteiger partial charge in [-0.2, -0.15) is 0 Å². The molecule has 0 bridgehead atoms. The molecule has 4 rings (SSSR count). The Labute approximate surface area is 149 Å². The summed E-state index contributed by atoms with van der Waals surface area (Å²) >= 11 is 6.72. The van der Waals surface area contributed by atoms with E-state index in [9.17, 15) is 14.7 Å². The quantitative estimate of drug-likeness (QED) is 0.889. The van der Waals surface area contributed by atoms with E-state index in [-0.39, 0.29) is 11.6 Å². The number of benzene rings is 1. The van der Waals surface area contributed by atoms with Gasteiger partial charge in [0.15, 0.2) is 0 Å². The van der Waals surface area contributed by atoms with Crippen LogP contribution in [0.1, 0.15) is 35.3 Å². The number of hydrogen-bond donors (Lipinski definition) is 1. The minimum Gasteiger partial charge on any atom is -0.477 e. The molecule has 0 aliphatic carbocycles. The highest BCUT2D eigenvalue weighted by molar-refractivity contribution is 6.35. The van der Waals surface area contributed by atoms with Crippen LogP contribution in [0.5, 0.6) is 0 Å². The fourth-order valence-corrected chi connectivity index (χ4v) is 4.18. The average molecular weight is 363 g/mol. The number of rotatable bonds is 2. The zero-order chi connectivity index (χ0) is 17.7. The summed E-state index contributed by atoms with van der Waals surface area (Å²) in [6.45, 7) is 4.66. The van der Waals surface area contributed by atoms with Crippen molar-refractivity contribution >= 4 is 34.2 Å². The first-order chi connectivity index (χ1) is 12.0. The number of halogens is 1. The summed E-state index contributed by atoms with van der Waals surface area (Å²) in [4.78, 5) is 26.4. The Hall–Kier alpha value is -2.05. The van der Waals surface area contributed by atoms with E-state index in [2.05, 4.69) is 4.90 Å². The Balaban J connectivity index is 2.05. The molecule has 25 heavy (non-hydrogen) atoms. The van der Waals surface area contributed by atoms with Crippen LogP contribution in [-0.2, 0) is 11.2 Å². The van der Waals surface area contributed by atoms with E-state index in [0.717, 1.165) is 29.6 Å². The monoisotopic (exact) mass is 362 g/mol. The summed E-state index contributed by atoms with van der Waals surface area (Å²) < 4.78 is 7.29. The van der Waals surface area contributed by atoms with Crippen molar-refractivity contribution < 1.29 is 14.6 Å². The molecule has 7 heteroatoms. The number of nitrogens with zero attached hydrogens (tertiary/aromatic N) is 2. The number of aryl methyl sites for hydroxylation is 1. The zero-order valence-corrected chi connectivity index (χ0v) is 14.7. The summed E-state index contributed by atoms with van der Waals surface area (Å²) in [7, 11) is 0. The minimum absolute atomic E-state index is 0.124. The Morgan fingerprint density at radius 3 is 2.76 bits per heavy atom. The van der Waals surface area contributed by atoms with Crippen LogP contribution in [0.3, 0.4) is 0 Å². The second kappa shape index (κ2) is 6.04. The smallest absolute Gasteiger partial charge is 0.341 e. The molecule has 0 radical (unpaired) electrons. The Bertz CT molecular complexity index is 931. The van der Waals surface area contributed by atoms with Gasteiger partial charge in [0.2, 0.25) is 5.43 Å². The predicted octanol–water partition coefficient (Wildman–Crippen LogP) is 2.70. The number of aromatic nitrogens is 1. The number of hydrogen-bond acceptors (Lipinski definition) is 4. The standard InChI is InChI=1S/C18H19ClN2O4/c1-10-2-3-11-15(19)14(20-4-6-25-7-5-20)8-12-16(11)21(10)9-13(17(12)22)18(23)24/h8-10H,2-7H2,1H3,(H,23,24). The van der Waals surface area contributed by atoms with Crippen molar-refractivity contribution in [1.29, 1.82) is 0 Å². The van der Waals surface area contributed by atoms with Crippen molar-refractivity contribution in [3.63, 3.8) is 0 Å². The molecule has 1 fully saturated rings. The van der Waals surface area contributed by atoms with Crippen molar-refractivity contribution in [3.8, 4) is 0 Å². The lowest BCUT2D eigenvalue weighted by Gasteiger charge is -2.33. The number of ether oxygens (including phenoxy) is 1. The molecule has 3 heterocycles. The van der Waals surface area contributed by atoms with Crippen molar-refractivity contribution in [2.75, 3.05) is 31.2 Å². The second-order valence-corrected chi connectivity index (χ2v) is 7.03. The number of morpholine rings is 1. The number of carboxylic acid groups (broad SMARTS) is 1. The Kier molecular flexibility index (Phi) is 3.96. The first-order valence-electron chi connectivity index (χ1n) is 8.45. The zero-order valence-electron chi connectivity index (χ0n) is 13.9. The van der Waals surface area contributed by atoms with E-state index in [1.807, 2.05) is 11.5 Å². The lowest BCUT2D eigenvalue weighted by Crippen LogP contribution is -2.36. The molecule has 1 aromatic heterocycles. The molecule has 1 atom stereocenters. The summed E-state index contributed by atoms with van der Waals surface area (Å²) in [5, 5.41) is 10.5. The third-order valence-electron chi connectivity index (χ3n) is 5.20.